The average molecular weight is 326 g/mol. The van der Waals surface area contributed by atoms with E-state index in [1.54, 1.807) is 24.1 Å². The van der Waals surface area contributed by atoms with E-state index in [2.05, 4.69) is 4.98 Å². The maximum Gasteiger partial charge on any atom is 0.270 e. The number of hydrogen-bond donors (Lipinski definition) is 1. The Morgan fingerprint density at radius 1 is 1.17 bits per heavy atom. The van der Waals surface area contributed by atoms with E-state index in [9.17, 15) is 9.18 Å². The molecule has 1 amide bonds. The molecule has 0 saturated heterocycles. The number of halogens is 1. The molecular weight excluding hydrogens is 307 g/mol. The van der Waals surface area contributed by atoms with Gasteiger partial charge >= 0.3 is 0 Å². The molecule has 4 nitrogen and oxygen atoms in total. The van der Waals surface area contributed by atoms with Crippen LogP contribution in [0.15, 0.2) is 48.5 Å². The Balaban J connectivity index is 1.73. The van der Waals surface area contributed by atoms with Gasteiger partial charge in [-0.25, -0.2) is 4.39 Å². The SMILES string of the molecule is CCOc1ccc(CN(C)C(=O)c2cc3cc(F)ccc3[nH]2)cc1. The summed E-state index contributed by atoms with van der Waals surface area (Å²) in [5, 5.41) is 0.688. The Bertz CT molecular complexity index is 855. The topological polar surface area (TPSA) is 45.3 Å². The van der Waals surface area contributed by atoms with Crippen LogP contribution >= 0.6 is 0 Å². The molecule has 2 aromatic carbocycles. The summed E-state index contributed by atoms with van der Waals surface area (Å²) in [5.41, 5.74) is 2.20. The number of hydrogen-bond acceptors (Lipinski definition) is 2. The highest BCUT2D eigenvalue weighted by molar-refractivity contribution is 5.97. The Labute approximate surface area is 139 Å². The van der Waals surface area contributed by atoms with Crippen molar-refractivity contribution in [3.8, 4) is 5.75 Å². The Kier molecular flexibility index (Phi) is 4.51. The van der Waals surface area contributed by atoms with Gasteiger partial charge in [0, 0.05) is 24.5 Å². The van der Waals surface area contributed by atoms with Crippen LogP contribution in [0, 0.1) is 5.82 Å². The summed E-state index contributed by atoms with van der Waals surface area (Å²) in [7, 11) is 1.74. The smallest absolute Gasteiger partial charge is 0.270 e. The second-order valence-corrected chi connectivity index (χ2v) is 5.65. The van der Waals surface area contributed by atoms with E-state index in [4.69, 9.17) is 4.74 Å². The first-order valence-electron chi connectivity index (χ1n) is 7.82. The van der Waals surface area contributed by atoms with E-state index in [1.165, 1.54) is 12.1 Å². The standard InChI is InChI=1S/C19H19FN2O2/c1-3-24-16-7-4-13(5-8-16)12-22(2)19(23)18-11-14-10-15(20)6-9-17(14)21-18/h4-11,21H,3,12H2,1-2H3. The van der Waals surface area contributed by atoms with Gasteiger partial charge in [0.2, 0.25) is 0 Å². The molecule has 0 aliphatic rings. The van der Waals surface area contributed by atoms with Crippen LogP contribution in [0.2, 0.25) is 0 Å². The fourth-order valence-corrected chi connectivity index (χ4v) is 2.63. The third kappa shape index (κ3) is 3.40. The number of aromatic nitrogens is 1. The summed E-state index contributed by atoms with van der Waals surface area (Å²) < 4.78 is 18.7. The highest BCUT2D eigenvalue weighted by Gasteiger charge is 2.15. The maximum atomic E-state index is 13.3. The van der Waals surface area contributed by atoms with E-state index in [-0.39, 0.29) is 11.7 Å². The van der Waals surface area contributed by atoms with E-state index in [0.717, 1.165) is 16.8 Å². The zero-order valence-corrected chi connectivity index (χ0v) is 13.7. The zero-order chi connectivity index (χ0) is 17.1. The van der Waals surface area contributed by atoms with Gasteiger partial charge in [-0.05, 0) is 48.9 Å². The molecule has 0 saturated carbocycles. The lowest BCUT2D eigenvalue weighted by molar-refractivity contribution is 0.0780. The van der Waals surface area contributed by atoms with Gasteiger partial charge in [-0.3, -0.25) is 4.79 Å². The molecule has 5 heteroatoms. The van der Waals surface area contributed by atoms with E-state index < -0.39 is 0 Å². The van der Waals surface area contributed by atoms with Crippen LogP contribution in [0.25, 0.3) is 10.9 Å². The monoisotopic (exact) mass is 326 g/mol. The Morgan fingerprint density at radius 3 is 2.62 bits per heavy atom. The zero-order valence-electron chi connectivity index (χ0n) is 13.7. The van der Waals surface area contributed by atoms with Crippen molar-refractivity contribution in [2.45, 2.75) is 13.5 Å². The molecule has 0 spiro atoms. The molecule has 0 atom stereocenters. The molecule has 24 heavy (non-hydrogen) atoms. The molecule has 1 N–H and O–H groups in total. The van der Waals surface area contributed by atoms with E-state index in [0.29, 0.717) is 24.2 Å². The maximum absolute atomic E-state index is 13.3. The van der Waals surface area contributed by atoms with Gasteiger partial charge in [0.1, 0.15) is 17.3 Å². The second-order valence-electron chi connectivity index (χ2n) is 5.65. The molecule has 0 bridgehead atoms. The summed E-state index contributed by atoms with van der Waals surface area (Å²) in [5.74, 6) is 0.358. The number of carbonyl (C=O) groups excluding carboxylic acids is 1. The van der Waals surface area contributed by atoms with E-state index >= 15 is 0 Å². The van der Waals surface area contributed by atoms with Gasteiger partial charge in [-0.2, -0.15) is 0 Å². The number of amides is 1. The van der Waals surface area contributed by atoms with Crippen LogP contribution in [0.1, 0.15) is 23.0 Å². The third-order valence-electron chi connectivity index (χ3n) is 3.81. The molecule has 0 aliphatic carbocycles. The minimum absolute atomic E-state index is 0.138. The van der Waals surface area contributed by atoms with Gasteiger partial charge in [0.15, 0.2) is 0 Å². The first kappa shape index (κ1) is 16.1. The predicted molar refractivity (Wildman–Crippen MR) is 91.7 cm³/mol. The van der Waals surface area contributed by atoms with Crippen molar-refractivity contribution in [3.63, 3.8) is 0 Å². The second kappa shape index (κ2) is 6.74. The van der Waals surface area contributed by atoms with Gasteiger partial charge in [0.05, 0.1) is 6.61 Å². The van der Waals surface area contributed by atoms with Crippen molar-refractivity contribution < 1.29 is 13.9 Å². The molecule has 0 radical (unpaired) electrons. The van der Waals surface area contributed by atoms with Gasteiger partial charge in [-0.1, -0.05) is 12.1 Å². The number of nitrogens with one attached hydrogen (secondary N) is 1. The summed E-state index contributed by atoms with van der Waals surface area (Å²) in [6.45, 7) is 3.04. The number of carbonyl (C=O) groups is 1. The van der Waals surface area contributed by atoms with Crippen molar-refractivity contribution >= 4 is 16.8 Å². The van der Waals surface area contributed by atoms with Crippen LogP contribution < -0.4 is 4.74 Å². The van der Waals surface area contributed by atoms with E-state index in [1.807, 2.05) is 31.2 Å². The molecule has 3 rings (SSSR count). The third-order valence-corrected chi connectivity index (χ3v) is 3.81. The predicted octanol–water partition coefficient (Wildman–Crippen LogP) is 3.98. The normalized spacial score (nSPS) is 10.8. The van der Waals surface area contributed by atoms with Crippen molar-refractivity contribution in [1.29, 1.82) is 0 Å². The summed E-state index contributed by atoms with van der Waals surface area (Å²) in [4.78, 5) is 17.2. The first-order valence-corrected chi connectivity index (χ1v) is 7.82. The van der Waals surface area contributed by atoms with Crippen molar-refractivity contribution in [3.05, 3.63) is 65.6 Å². The van der Waals surface area contributed by atoms with Gasteiger partial charge < -0.3 is 14.6 Å². The largest absolute Gasteiger partial charge is 0.494 e. The number of fused-ring (bicyclic) bond motifs is 1. The van der Waals surface area contributed by atoms with Crippen LogP contribution in [0.4, 0.5) is 4.39 Å². The number of H-pyrrole nitrogens is 1. The fraction of sp³-hybridized carbons (Fsp3) is 0.211. The van der Waals surface area contributed by atoms with Crippen LogP contribution in [-0.4, -0.2) is 29.4 Å². The lowest BCUT2D eigenvalue weighted by Crippen LogP contribution is -2.26. The molecular formula is C19H19FN2O2. The Hall–Kier alpha value is -2.82. The first-order chi connectivity index (χ1) is 11.6. The molecule has 1 aromatic heterocycles. The molecule has 1 heterocycles. The van der Waals surface area contributed by atoms with Crippen LogP contribution in [-0.2, 0) is 6.54 Å². The van der Waals surface area contributed by atoms with Crippen molar-refractivity contribution in [2.75, 3.05) is 13.7 Å². The quantitative estimate of drug-likeness (QED) is 0.771. The van der Waals surface area contributed by atoms with Crippen molar-refractivity contribution in [1.82, 2.24) is 9.88 Å². The molecule has 0 unspecified atom stereocenters. The number of nitrogens with zero attached hydrogens (tertiary/aromatic N) is 1. The summed E-state index contributed by atoms with van der Waals surface area (Å²) in [6.07, 6.45) is 0. The summed E-state index contributed by atoms with van der Waals surface area (Å²) >= 11 is 0. The number of aromatic amines is 1. The molecule has 0 aliphatic heterocycles. The van der Waals surface area contributed by atoms with Gasteiger partial charge in [-0.15, -0.1) is 0 Å². The van der Waals surface area contributed by atoms with Crippen LogP contribution in [0.5, 0.6) is 5.75 Å². The number of benzene rings is 2. The molecule has 3 aromatic rings. The van der Waals surface area contributed by atoms with Crippen molar-refractivity contribution in [2.24, 2.45) is 0 Å². The number of rotatable bonds is 5. The van der Waals surface area contributed by atoms with Crippen LogP contribution in [0.3, 0.4) is 0 Å². The highest BCUT2D eigenvalue weighted by Crippen LogP contribution is 2.19. The lowest BCUT2D eigenvalue weighted by Gasteiger charge is -2.16. The number of ether oxygens (including phenoxy) is 1. The molecule has 0 fully saturated rings. The lowest BCUT2D eigenvalue weighted by atomic mass is 10.2. The Morgan fingerprint density at radius 2 is 1.92 bits per heavy atom. The minimum atomic E-state index is -0.316. The minimum Gasteiger partial charge on any atom is -0.494 e. The fourth-order valence-electron chi connectivity index (χ4n) is 2.63. The average Bonchev–Trinajstić information content (AvgIpc) is 2.99. The summed E-state index contributed by atoms with van der Waals surface area (Å²) in [6, 6.07) is 13.8. The molecule has 124 valence electrons. The van der Waals surface area contributed by atoms with Gasteiger partial charge in [0.25, 0.3) is 5.91 Å². The highest BCUT2D eigenvalue weighted by atomic mass is 19.1.